The highest BCUT2D eigenvalue weighted by molar-refractivity contribution is 6.29. The van der Waals surface area contributed by atoms with Gasteiger partial charge in [-0.2, -0.15) is 0 Å². The van der Waals surface area contributed by atoms with E-state index >= 15 is 0 Å². The van der Waals surface area contributed by atoms with E-state index in [-0.39, 0.29) is 37.0 Å². The van der Waals surface area contributed by atoms with E-state index in [1.807, 2.05) is 37.7 Å². The third-order valence-corrected chi connectivity index (χ3v) is 16.4. The molecule has 3 fully saturated rings. The zero-order valence-corrected chi connectivity index (χ0v) is 47.2. The van der Waals surface area contributed by atoms with E-state index in [9.17, 15) is 39.5 Å². The highest BCUT2D eigenvalue weighted by Gasteiger charge is 2.53. The SMILES string of the molecule is CC[C@H]1OC(=O)[C@H](C)[C@@H](O[C@H]2C[C@@](C)(OC)[C@@H](O)[C@H](C)O2)[C@H](C)[C@@H](O[C@@H]2O[C@H](C)C[C@H](N(C)CCc3cn([C@H](CF)[C@H](OC)c4ccc(NC(=O)CCl)cc4)nn3)[C@H]2O)[C@](C)(O)C[C@@H](C)CN(C)[C@H](C)[C@@H](O)[C@]1(C)O. The molecule has 1 amide bonds. The Morgan fingerprint density at radius 3 is 2.28 bits per heavy atom. The molecule has 6 N–H and O–H groups in total. The van der Waals surface area contributed by atoms with Gasteiger partial charge in [0.15, 0.2) is 12.6 Å². The average molecular weight is 1090 g/mol. The van der Waals surface area contributed by atoms with Crippen molar-refractivity contribution in [3.05, 3.63) is 41.7 Å². The first kappa shape index (κ1) is 62.8. The summed E-state index contributed by atoms with van der Waals surface area (Å²) in [5.74, 6) is -3.47. The molecule has 1 aromatic heterocycles. The number of amides is 1. The lowest BCUT2D eigenvalue weighted by Crippen LogP contribution is -2.61. The lowest BCUT2D eigenvalue weighted by Gasteiger charge is -2.49. The van der Waals surface area contributed by atoms with Crippen molar-refractivity contribution in [3.63, 3.8) is 0 Å². The number of benzene rings is 1. The first-order valence-corrected chi connectivity index (χ1v) is 26.9. The smallest absolute Gasteiger partial charge is 0.311 e. The number of rotatable bonds is 17. The number of esters is 1. The molecular formula is C53H88ClFN6O14. The predicted octanol–water partition coefficient (Wildman–Crippen LogP) is 4.18. The molecule has 3 aliphatic heterocycles. The number of hydrogen-bond donors (Lipinski definition) is 6. The van der Waals surface area contributed by atoms with Crippen LogP contribution in [0, 0.1) is 17.8 Å². The number of carbonyl (C=O) groups excluding carboxylic acids is 2. The minimum Gasteiger partial charge on any atom is -0.459 e. The standard InChI is InChI=1S/C53H88ClFN6O14/c1-15-40-53(10,68)46(64)33(6)60(12)27-29(2)23-51(8,67)48(31(4)44(32(5)49(66)73-40)74-42-24-52(9,70-14)47(65)34(7)72-42)75-50-43(63)38(22-30(3)71-50)59(11)21-20-37-28-61(58-57-37)39(26-55)45(69-13)35-16-18-36(19-17-35)56-41(62)25-54/h16-19,28-34,38-40,42-48,50,63-65,67-68H,15,20-27H2,1-14H3,(H,56,62)/t29-,30-,31+,32-,33-,34+,38+,39-,40-,42+,43-,44+,45-,46-,47+,48-,50+,51-,52-,53-/m1/s1. The number of anilines is 1. The van der Waals surface area contributed by atoms with Crippen LogP contribution in [0.3, 0.4) is 0 Å². The molecule has 3 aliphatic rings. The number of aromatic nitrogens is 3. The summed E-state index contributed by atoms with van der Waals surface area (Å²) in [5.41, 5.74) is -2.85. The van der Waals surface area contributed by atoms with Crippen LogP contribution >= 0.6 is 11.6 Å². The van der Waals surface area contributed by atoms with Gasteiger partial charge in [-0.1, -0.05) is 38.1 Å². The molecule has 0 unspecified atom stereocenters. The Hall–Kier alpha value is -3.00. The third-order valence-electron chi connectivity index (χ3n) is 16.1. The molecule has 0 aliphatic carbocycles. The topological polar surface area (TPSA) is 249 Å². The van der Waals surface area contributed by atoms with Crippen molar-refractivity contribution < 1.29 is 72.7 Å². The Morgan fingerprint density at radius 2 is 1.68 bits per heavy atom. The number of aliphatic hydroxyl groups is 5. The van der Waals surface area contributed by atoms with Gasteiger partial charge in [0.2, 0.25) is 5.91 Å². The summed E-state index contributed by atoms with van der Waals surface area (Å²) in [7, 11) is 6.65. The van der Waals surface area contributed by atoms with Gasteiger partial charge in [0.05, 0.1) is 47.2 Å². The molecule has 20 nitrogen and oxygen atoms in total. The van der Waals surface area contributed by atoms with E-state index in [4.69, 9.17) is 44.8 Å². The van der Waals surface area contributed by atoms with Gasteiger partial charge in [-0.05, 0) is 105 Å². The van der Waals surface area contributed by atoms with Crippen LogP contribution in [0.25, 0.3) is 0 Å². The van der Waals surface area contributed by atoms with E-state index in [2.05, 4.69) is 15.6 Å². The minimum absolute atomic E-state index is 0.0749. The van der Waals surface area contributed by atoms with Crippen LogP contribution in [-0.4, -0.2) is 206 Å². The van der Waals surface area contributed by atoms with Gasteiger partial charge >= 0.3 is 5.97 Å². The zero-order valence-electron chi connectivity index (χ0n) is 46.5. The van der Waals surface area contributed by atoms with Crippen LogP contribution in [0.1, 0.15) is 118 Å². The lowest BCUT2D eigenvalue weighted by atomic mass is 9.77. The molecule has 75 heavy (non-hydrogen) atoms. The van der Waals surface area contributed by atoms with Crippen LogP contribution in [-0.2, 0) is 49.2 Å². The summed E-state index contributed by atoms with van der Waals surface area (Å²) in [6.07, 6.45) is -8.32. The molecule has 20 atom stereocenters. The maximum atomic E-state index is 14.8. The maximum Gasteiger partial charge on any atom is 0.311 e. The van der Waals surface area contributed by atoms with E-state index in [0.717, 1.165) is 0 Å². The average Bonchev–Trinajstić information content (AvgIpc) is 3.84. The molecule has 0 bridgehead atoms. The summed E-state index contributed by atoms with van der Waals surface area (Å²) >= 11 is 5.63. The van der Waals surface area contributed by atoms with Crippen LogP contribution in [0.15, 0.2) is 30.5 Å². The van der Waals surface area contributed by atoms with E-state index < -0.39 is 127 Å². The fraction of sp³-hybridized carbons (Fsp3) is 0.811. The zero-order chi connectivity index (χ0) is 55.9. The first-order chi connectivity index (χ1) is 35.2. The van der Waals surface area contributed by atoms with Crippen molar-refractivity contribution in [2.75, 3.05) is 59.3 Å². The number of hydrogen-bond acceptors (Lipinski definition) is 18. The number of methoxy groups -OCH3 is 2. The van der Waals surface area contributed by atoms with E-state index in [1.54, 1.807) is 78.9 Å². The lowest BCUT2D eigenvalue weighted by molar-refractivity contribution is -0.318. The fourth-order valence-electron chi connectivity index (χ4n) is 11.5. The Balaban J connectivity index is 1.43. The molecular weight excluding hydrogens is 999 g/mol. The monoisotopic (exact) mass is 1090 g/mol. The van der Waals surface area contributed by atoms with Crippen LogP contribution in [0.2, 0.25) is 0 Å². The highest BCUT2D eigenvalue weighted by Crippen LogP contribution is 2.41. The van der Waals surface area contributed by atoms with Crippen LogP contribution in [0.4, 0.5) is 10.1 Å². The molecule has 5 rings (SSSR count). The molecule has 3 saturated heterocycles. The van der Waals surface area contributed by atoms with Crippen LogP contribution < -0.4 is 5.32 Å². The van der Waals surface area contributed by atoms with Gasteiger partial charge in [0, 0.05) is 70.0 Å². The van der Waals surface area contributed by atoms with Gasteiger partial charge in [-0.25, -0.2) is 9.07 Å². The number of alkyl halides is 2. The summed E-state index contributed by atoms with van der Waals surface area (Å²) in [6.45, 7) is 17.3. The number of nitrogens with zero attached hydrogens (tertiary/aromatic N) is 5. The van der Waals surface area contributed by atoms with Crippen molar-refractivity contribution in [2.45, 2.75) is 204 Å². The Kier molecular flexibility index (Phi) is 22.4. The van der Waals surface area contributed by atoms with Gasteiger partial charge in [-0.3, -0.25) is 9.59 Å². The van der Waals surface area contributed by atoms with Gasteiger partial charge < -0.3 is 73.8 Å². The number of nitrogens with one attached hydrogen (secondary N) is 1. The number of cyclic esters (lactones) is 1. The number of aliphatic hydroxyl groups excluding tert-OH is 3. The highest BCUT2D eigenvalue weighted by atomic mass is 35.5. The normalized spacial score (nSPS) is 38.8. The first-order valence-electron chi connectivity index (χ1n) is 26.4. The van der Waals surface area contributed by atoms with Crippen LogP contribution in [0.5, 0.6) is 0 Å². The summed E-state index contributed by atoms with van der Waals surface area (Å²) in [4.78, 5) is 30.2. The molecule has 0 saturated carbocycles. The quantitative estimate of drug-likeness (QED) is 0.0961. The van der Waals surface area contributed by atoms with Crippen molar-refractivity contribution in [2.24, 2.45) is 17.8 Å². The summed E-state index contributed by atoms with van der Waals surface area (Å²) in [6, 6.07) is 4.86. The summed E-state index contributed by atoms with van der Waals surface area (Å²) in [5, 5.41) is 71.1. The molecule has 428 valence electrons. The summed E-state index contributed by atoms with van der Waals surface area (Å²) < 4.78 is 60.3. The van der Waals surface area contributed by atoms with Crippen molar-refractivity contribution in [3.8, 4) is 0 Å². The van der Waals surface area contributed by atoms with Gasteiger partial charge in [-0.15, -0.1) is 16.7 Å². The number of ether oxygens (including phenoxy) is 7. The van der Waals surface area contributed by atoms with Crippen molar-refractivity contribution >= 4 is 29.2 Å². The largest absolute Gasteiger partial charge is 0.459 e. The molecule has 1 aromatic carbocycles. The van der Waals surface area contributed by atoms with Gasteiger partial charge in [0.25, 0.3) is 0 Å². The van der Waals surface area contributed by atoms with E-state index in [0.29, 0.717) is 42.9 Å². The molecule has 2 aromatic rings. The number of carbonyl (C=O) groups is 2. The van der Waals surface area contributed by atoms with Crippen molar-refractivity contribution in [1.29, 1.82) is 0 Å². The molecule has 4 heterocycles. The van der Waals surface area contributed by atoms with E-state index in [1.165, 1.54) is 25.8 Å². The molecule has 22 heteroatoms. The minimum atomic E-state index is -1.86. The second kappa shape index (κ2) is 26.8. The Labute approximate surface area is 447 Å². The fourth-order valence-corrected chi connectivity index (χ4v) is 11.5. The number of halogens is 2. The second-order valence-corrected chi connectivity index (χ2v) is 22.6. The Morgan fingerprint density at radius 1 is 1.01 bits per heavy atom. The van der Waals surface area contributed by atoms with Crippen molar-refractivity contribution in [1.82, 2.24) is 24.8 Å². The third kappa shape index (κ3) is 15.0. The number of likely N-dealkylation sites (N-methyl/N-ethyl adjacent to an activating group) is 2. The molecule has 0 radical (unpaired) electrons. The predicted molar refractivity (Wildman–Crippen MR) is 277 cm³/mol. The maximum absolute atomic E-state index is 14.8. The molecule has 0 spiro atoms. The second-order valence-electron chi connectivity index (χ2n) is 22.3. The Bertz CT molecular complexity index is 2110. The van der Waals surface area contributed by atoms with Gasteiger partial charge in [0.1, 0.15) is 54.7 Å².